The average Bonchev–Trinajstić information content (AvgIpc) is 3.87. The van der Waals surface area contributed by atoms with E-state index in [1.54, 1.807) is 22.7 Å². The van der Waals surface area contributed by atoms with Gasteiger partial charge in [0.25, 0.3) is 0 Å². The number of nitrogens with one attached hydrogen (secondary N) is 4. The van der Waals surface area contributed by atoms with E-state index in [0.29, 0.717) is 12.6 Å². The molecule has 0 radical (unpaired) electrons. The number of hydrogen-bond donors (Lipinski definition) is 4. The lowest BCUT2D eigenvalue weighted by Crippen LogP contribution is -2.51. The average molecular weight is 644 g/mol. The molecule has 2 fully saturated rings. The van der Waals surface area contributed by atoms with Crippen molar-refractivity contribution in [3.05, 3.63) is 59.1 Å². The van der Waals surface area contributed by atoms with Gasteiger partial charge in [-0.1, -0.05) is 38.1 Å². The van der Waals surface area contributed by atoms with Gasteiger partial charge in [0.2, 0.25) is 5.91 Å². The van der Waals surface area contributed by atoms with Crippen LogP contribution >= 0.6 is 22.7 Å². The van der Waals surface area contributed by atoms with Crippen molar-refractivity contribution in [2.45, 2.75) is 57.7 Å². The molecule has 3 unspecified atom stereocenters. The number of alkyl carbamates (subject to hydrolysis) is 1. The van der Waals surface area contributed by atoms with E-state index in [0.717, 1.165) is 54.4 Å². The Morgan fingerprint density at radius 2 is 1.62 bits per heavy atom. The Bertz CT molecular complexity index is 1810. The molecule has 4 N–H and O–H groups in total. The highest BCUT2D eigenvalue weighted by Gasteiger charge is 2.37. The van der Waals surface area contributed by atoms with Crippen molar-refractivity contribution in [1.82, 2.24) is 35.5 Å². The van der Waals surface area contributed by atoms with E-state index in [1.165, 1.54) is 39.6 Å². The Balaban J connectivity index is 1.07. The quantitative estimate of drug-likeness (QED) is 0.146. The number of thiophene rings is 2. The van der Waals surface area contributed by atoms with Gasteiger partial charge >= 0.3 is 6.09 Å². The molecule has 45 heavy (non-hydrogen) atoms. The normalized spacial score (nSPS) is 19.1. The van der Waals surface area contributed by atoms with Gasteiger partial charge in [-0.15, -0.1) is 22.7 Å². The van der Waals surface area contributed by atoms with Crippen LogP contribution in [0.1, 0.15) is 63.3 Å². The summed E-state index contributed by atoms with van der Waals surface area (Å²) < 4.78 is 7.32. The third-order valence-electron chi connectivity index (χ3n) is 8.91. The smallest absolute Gasteiger partial charge is 0.407 e. The fraction of sp³-hybridized carbons (Fsp3) is 0.394. The molecule has 0 bridgehead atoms. The summed E-state index contributed by atoms with van der Waals surface area (Å²) in [6.07, 6.45) is 7.21. The number of imidazole rings is 2. The van der Waals surface area contributed by atoms with Crippen LogP contribution < -0.4 is 10.6 Å². The number of hydrogen-bond acceptors (Lipinski definition) is 8. The second kappa shape index (κ2) is 12.4. The highest BCUT2D eigenvalue weighted by molar-refractivity contribution is 7.27. The summed E-state index contributed by atoms with van der Waals surface area (Å²) in [5.41, 5.74) is 6.63. The van der Waals surface area contributed by atoms with Gasteiger partial charge < -0.3 is 30.2 Å². The maximum Gasteiger partial charge on any atom is 0.407 e. The van der Waals surface area contributed by atoms with Crippen LogP contribution in [0.5, 0.6) is 0 Å². The highest BCUT2D eigenvalue weighted by atomic mass is 32.1. The van der Waals surface area contributed by atoms with Crippen LogP contribution in [0.15, 0.2) is 47.4 Å². The standard InChI is InChI=1S/C33H37N7O3S2/c1-18(2)27(39-33(42)43-3)32(41)40-13-5-7-26(40)31-36-14-24(37-31)20-10-8-19(9-11-20)21-16-44-29-22(17-45-28(21)29)25-15-35-30(38-25)23-6-4-12-34-23/h8-11,14-18,23,26-27,34H,4-7,12-13H2,1-3H3,(H,35,38)(H,36,37)(H,39,42). The van der Waals surface area contributed by atoms with E-state index in [-0.39, 0.29) is 17.9 Å². The van der Waals surface area contributed by atoms with Gasteiger partial charge in [0.15, 0.2) is 0 Å². The lowest BCUT2D eigenvalue weighted by atomic mass is 10.0. The molecule has 5 aromatic rings. The lowest BCUT2D eigenvalue weighted by Gasteiger charge is -2.30. The summed E-state index contributed by atoms with van der Waals surface area (Å²) in [7, 11) is 1.30. The predicted molar refractivity (Wildman–Crippen MR) is 178 cm³/mol. The minimum atomic E-state index is -0.658. The van der Waals surface area contributed by atoms with Gasteiger partial charge in [-0.25, -0.2) is 14.8 Å². The fourth-order valence-electron chi connectivity index (χ4n) is 6.45. The first-order valence-corrected chi connectivity index (χ1v) is 17.2. The molecule has 2 saturated heterocycles. The fourth-order valence-corrected chi connectivity index (χ4v) is 8.89. The van der Waals surface area contributed by atoms with Crippen molar-refractivity contribution in [3.63, 3.8) is 0 Å². The summed E-state index contributed by atoms with van der Waals surface area (Å²) >= 11 is 3.55. The topological polar surface area (TPSA) is 128 Å². The number of fused-ring (bicyclic) bond motifs is 1. The van der Waals surface area contributed by atoms with Crippen LogP contribution in [0.4, 0.5) is 4.79 Å². The Morgan fingerprint density at radius 3 is 2.36 bits per heavy atom. The zero-order valence-electron chi connectivity index (χ0n) is 25.6. The number of methoxy groups -OCH3 is 1. The van der Waals surface area contributed by atoms with Crippen LogP contribution in [-0.2, 0) is 9.53 Å². The largest absolute Gasteiger partial charge is 0.453 e. The number of benzene rings is 1. The number of nitrogens with zero attached hydrogens (tertiary/aromatic N) is 3. The van der Waals surface area contributed by atoms with Gasteiger partial charge in [0.05, 0.1) is 52.4 Å². The van der Waals surface area contributed by atoms with Crippen molar-refractivity contribution in [2.75, 3.05) is 20.2 Å². The zero-order chi connectivity index (χ0) is 31.1. The highest BCUT2D eigenvalue weighted by Crippen LogP contribution is 2.44. The van der Waals surface area contributed by atoms with E-state index >= 15 is 0 Å². The Labute approximate surface area is 269 Å². The minimum absolute atomic E-state index is 0.0776. The molecule has 0 aliphatic carbocycles. The maximum atomic E-state index is 13.5. The van der Waals surface area contributed by atoms with Crippen LogP contribution in [0, 0.1) is 5.92 Å². The van der Waals surface area contributed by atoms with Crippen LogP contribution in [-0.4, -0.2) is 63.1 Å². The molecule has 10 nitrogen and oxygen atoms in total. The first-order valence-electron chi connectivity index (χ1n) is 15.5. The second-order valence-electron chi connectivity index (χ2n) is 12.1. The van der Waals surface area contributed by atoms with Gasteiger partial charge in [-0.2, -0.15) is 0 Å². The molecule has 2 amide bonds. The summed E-state index contributed by atoms with van der Waals surface area (Å²) in [5, 5.41) is 10.7. The lowest BCUT2D eigenvalue weighted by molar-refractivity contribution is -0.135. The number of likely N-dealkylation sites (tertiary alicyclic amines) is 1. The molecule has 12 heteroatoms. The number of ether oxygens (including phenoxy) is 1. The molecule has 6 heterocycles. The monoisotopic (exact) mass is 643 g/mol. The minimum Gasteiger partial charge on any atom is -0.453 e. The predicted octanol–water partition coefficient (Wildman–Crippen LogP) is 6.88. The van der Waals surface area contributed by atoms with Crippen molar-refractivity contribution >= 4 is 44.1 Å². The van der Waals surface area contributed by atoms with Crippen molar-refractivity contribution < 1.29 is 14.3 Å². The Morgan fingerprint density at radius 1 is 0.933 bits per heavy atom. The third-order valence-corrected chi connectivity index (χ3v) is 11.1. The summed E-state index contributed by atoms with van der Waals surface area (Å²) in [6, 6.07) is 8.05. The molecule has 7 rings (SSSR count). The molecule has 2 aliphatic heterocycles. The number of carbonyl (C=O) groups is 2. The molecular weight excluding hydrogens is 607 g/mol. The summed E-state index contributed by atoms with van der Waals surface area (Å²) in [6.45, 7) is 5.51. The number of carbonyl (C=O) groups excluding carboxylic acids is 2. The molecule has 0 saturated carbocycles. The third kappa shape index (κ3) is 5.66. The van der Waals surface area contributed by atoms with E-state index in [4.69, 9.17) is 4.74 Å². The molecule has 0 spiro atoms. The van der Waals surface area contributed by atoms with Gasteiger partial charge in [-0.05, 0) is 49.3 Å². The summed E-state index contributed by atoms with van der Waals surface area (Å²) in [4.78, 5) is 43.6. The van der Waals surface area contributed by atoms with Crippen LogP contribution in [0.3, 0.4) is 0 Å². The first kappa shape index (κ1) is 29.7. The molecule has 3 atom stereocenters. The molecule has 234 valence electrons. The number of H-pyrrole nitrogens is 2. The van der Waals surface area contributed by atoms with Gasteiger partial charge in [-0.3, -0.25) is 4.79 Å². The van der Waals surface area contributed by atoms with Crippen molar-refractivity contribution in [2.24, 2.45) is 5.92 Å². The summed E-state index contributed by atoms with van der Waals surface area (Å²) in [5.74, 6) is 1.60. The first-order chi connectivity index (χ1) is 21.9. The number of rotatable bonds is 8. The van der Waals surface area contributed by atoms with Crippen LogP contribution in [0.25, 0.3) is 43.0 Å². The SMILES string of the molecule is COC(=O)NC(C(=O)N1CCCC1c1ncc(-c2ccc(-c3csc4c(-c5cnc(C6CCCN6)[nH]5)csc34)cc2)[nH]1)C(C)C. The van der Waals surface area contributed by atoms with E-state index in [9.17, 15) is 9.59 Å². The number of aromatic amines is 2. The zero-order valence-corrected chi connectivity index (χ0v) is 27.2. The van der Waals surface area contributed by atoms with Crippen LogP contribution in [0.2, 0.25) is 0 Å². The van der Waals surface area contributed by atoms with E-state index in [2.05, 4.69) is 65.6 Å². The molecule has 1 aromatic carbocycles. The molecular formula is C33H37N7O3S2. The maximum absolute atomic E-state index is 13.5. The number of amides is 2. The van der Waals surface area contributed by atoms with E-state index < -0.39 is 12.1 Å². The second-order valence-corrected chi connectivity index (χ2v) is 13.9. The molecule has 4 aromatic heterocycles. The molecule has 2 aliphatic rings. The van der Waals surface area contributed by atoms with E-state index in [1.807, 2.05) is 31.1 Å². The Hall–Kier alpha value is -4.00. The van der Waals surface area contributed by atoms with Gasteiger partial charge in [0.1, 0.15) is 17.7 Å². The van der Waals surface area contributed by atoms with Gasteiger partial charge in [0, 0.05) is 28.4 Å². The number of aromatic nitrogens is 4. The Kier molecular flexibility index (Phi) is 8.19. The van der Waals surface area contributed by atoms with Crippen molar-refractivity contribution in [1.29, 1.82) is 0 Å². The van der Waals surface area contributed by atoms with Crippen molar-refractivity contribution in [3.8, 4) is 33.6 Å².